The topological polar surface area (TPSA) is 91.2 Å². The minimum Gasteiger partial charge on any atom is -0.379 e. The van der Waals surface area contributed by atoms with Crippen LogP contribution in [0.25, 0.3) is 0 Å². The van der Waals surface area contributed by atoms with Crippen LogP contribution in [0.1, 0.15) is 12.1 Å². The smallest absolute Gasteiger partial charge is 0.243 e. The van der Waals surface area contributed by atoms with Gasteiger partial charge in [0, 0.05) is 12.8 Å². The van der Waals surface area contributed by atoms with Crippen molar-refractivity contribution in [3.05, 3.63) is 42.5 Å². The van der Waals surface area contributed by atoms with Gasteiger partial charge in [-0.2, -0.15) is 15.0 Å². The fourth-order valence-corrected chi connectivity index (χ4v) is 2.43. The molecule has 1 aliphatic heterocycles. The summed E-state index contributed by atoms with van der Waals surface area (Å²) >= 11 is 0. The first-order chi connectivity index (χ1) is 11.3. The van der Waals surface area contributed by atoms with Gasteiger partial charge in [0.15, 0.2) is 0 Å². The molecular weight excluding hydrogens is 298 g/mol. The number of amides is 1. The highest BCUT2D eigenvalue weighted by atomic mass is 16.5. The normalized spacial score (nSPS) is 21.0. The summed E-state index contributed by atoms with van der Waals surface area (Å²) in [5, 5.41) is 10.8. The maximum Gasteiger partial charge on any atom is 0.243 e. The average Bonchev–Trinajstić information content (AvgIpc) is 3.08. The number of ether oxygens (including phenoxy) is 2. The standard InChI is InChI=1S/C15H19N5O3/c21-15(9-20-17-6-7-18-20)19-13-11-22-8-4-14(13)23-10-12-3-1-2-5-16-12/h1-3,5-7,13-14H,4,8-11H2,(H,19,21)/t13-,14-/m1/s1. The Morgan fingerprint density at radius 2 is 2.22 bits per heavy atom. The lowest BCUT2D eigenvalue weighted by atomic mass is 10.1. The van der Waals surface area contributed by atoms with Crippen LogP contribution in [0.2, 0.25) is 0 Å². The van der Waals surface area contributed by atoms with Crippen LogP contribution in [-0.2, 0) is 27.4 Å². The van der Waals surface area contributed by atoms with Crippen molar-refractivity contribution in [2.45, 2.75) is 31.7 Å². The van der Waals surface area contributed by atoms with E-state index < -0.39 is 0 Å². The van der Waals surface area contributed by atoms with E-state index in [0.29, 0.717) is 19.8 Å². The van der Waals surface area contributed by atoms with E-state index in [1.807, 2.05) is 18.2 Å². The van der Waals surface area contributed by atoms with E-state index in [4.69, 9.17) is 9.47 Å². The van der Waals surface area contributed by atoms with Gasteiger partial charge >= 0.3 is 0 Å². The van der Waals surface area contributed by atoms with Gasteiger partial charge in [-0.1, -0.05) is 6.07 Å². The number of nitrogens with one attached hydrogen (secondary N) is 1. The molecule has 23 heavy (non-hydrogen) atoms. The molecule has 1 amide bonds. The molecular formula is C15H19N5O3. The Bertz CT molecular complexity index is 605. The van der Waals surface area contributed by atoms with E-state index >= 15 is 0 Å². The number of hydrogen-bond donors (Lipinski definition) is 1. The van der Waals surface area contributed by atoms with E-state index in [2.05, 4.69) is 20.5 Å². The second-order valence-corrected chi connectivity index (χ2v) is 5.27. The predicted octanol–water partition coefficient (Wildman–Crippen LogP) is 0.164. The largest absolute Gasteiger partial charge is 0.379 e. The van der Waals surface area contributed by atoms with E-state index in [0.717, 1.165) is 12.1 Å². The van der Waals surface area contributed by atoms with Crippen LogP contribution in [0.15, 0.2) is 36.8 Å². The third-order valence-electron chi connectivity index (χ3n) is 3.56. The molecule has 0 radical (unpaired) electrons. The molecule has 3 heterocycles. The number of rotatable bonds is 6. The SMILES string of the molecule is O=C(Cn1nccn1)N[C@@H]1COCC[C@H]1OCc1ccccn1. The number of nitrogens with zero attached hydrogens (tertiary/aromatic N) is 4. The van der Waals surface area contributed by atoms with E-state index in [1.165, 1.54) is 17.2 Å². The zero-order valence-corrected chi connectivity index (χ0v) is 12.7. The minimum atomic E-state index is -0.185. The molecule has 0 aliphatic carbocycles. The monoisotopic (exact) mass is 317 g/mol. The zero-order valence-electron chi connectivity index (χ0n) is 12.7. The second-order valence-electron chi connectivity index (χ2n) is 5.27. The molecule has 122 valence electrons. The van der Waals surface area contributed by atoms with Crippen molar-refractivity contribution in [1.29, 1.82) is 0 Å². The molecule has 1 aliphatic rings. The molecule has 0 saturated carbocycles. The summed E-state index contributed by atoms with van der Waals surface area (Å²) in [6.45, 7) is 1.56. The highest BCUT2D eigenvalue weighted by molar-refractivity contribution is 5.75. The summed E-state index contributed by atoms with van der Waals surface area (Å²) in [6, 6.07) is 5.52. The zero-order chi connectivity index (χ0) is 15.9. The van der Waals surface area contributed by atoms with E-state index in [9.17, 15) is 4.79 Å². The van der Waals surface area contributed by atoms with Crippen molar-refractivity contribution >= 4 is 5.91 Å². The third kappa shape index (κ3) is 4.57. The Morgan fingerprint density at radius 3 is 3.00 bits per heavy atom. The van der Waals surface area contributed by atoms with Gasteiger partial charge in [-0.3, -0.25) is 9.78 Å². The van der Waals surface area contributed by atoms with Gasteiger partial charge in [0.25, 0.3) is 0 Å². The highest BCUT2D eigenvalue weighted by Gasteiger charge is 2.28. The van der Waals surface area contributed by atoms with Crippen LogP contribution in [0, 0.1) is 0 Å². The van der Waals surface area contributed by atoms with Crippen LogP contribution < -0.4 is 5.32 Å². The van der Waals surface area contributed by atoms with Crippen LogP contribution in [0.5, 0.6) is 0 Å². The number of aromatic nitrogens is 4. The lowest BCUT2D eigenvalue weighted by Gasteiger charge is -2.32. The Balaban J connectivity index is 1.52. The van der Waals surface area contributed by atoms with Gasteiger partial charge in [0.05, 0.1) is 43.4 Å². The molecule has 8 heteroatoms. The van der Waals surface area contributed by atoms with Crippen molar-refractivity contribution < 1.29 is 14.3 Å². The van der Waals surface area contributed by atoms with Crippen LogP contribution >= 0.6 is 0 Å². The second kappa shape index (κ2) is 7.80. The van der Waals surface area contributed by atoms with Gasteiger partial charge in [-0.15, -0.1) is 0 Å². The number of carbonyl (C=O) groups is 1. The molecule has 1 fully saturated rings. The van der Waals surface area contributed by atoms with Crippen molar-refractivity contribution in [3.8, 4) is 0 Å². The summed E-state index contributed by atoms with van der Waals surface area (Å²) in [4.78, 5) is 17.6. The number of hydrogen-bond acceptors (Lipinski definition) is 6. The maximum absolute atomic E-state index is 12.1. The predicted molar refractivity (Wildman–Crippen MR) is 80.2 cm³/mol. The van der Waals surface area contributed by atoms with Gasteiger partial charge in [0.2, 0.25) is 5.91 Å². The summed E-state index contributed by atoms with van der Waals surface area (Å²) < 4.78 is 11.4. The molecule has 2 aromatic rings. The van der Waals surface area contributed by atoms with Crippen LogP contribution in [0.4, 0.5) is 0 Å². The molecule has 0 aromatic carbocycles. The van der Waals surface area contributed by atoms with Crippen molar-refractivity contribution in [1.82, 2.24) is 25.3 Å². The van der Waals surface area contributed by atoms with E-state index in [-0.39, 0.29) is 24.6 Å². The van der Waals surface area contributed by atoms with Gasteiger partial charge in [-0.05, 0) is 18.6 Å². The lowest BCUT2D eigenvalue weighted by molar-refractivity contribution is -0.127. The first-order valence-electron chi connectivity index (χ1n) is 7.54. The number of carbonyl (C=O) groups excluding carboxylic acids is 1. The summed E-state index contributed by atoms with van der Waals surface area (Å²) in [6.07, 6.45) is 5.45. The molecule has 0 spiro atoms. The fourth-order valence-electron chi connectivity index (χ4n) is 2.43. The first-order valence-corrected chi connectivity index (χ1v) is 7.54. The maximum atomic E-state index is 12.1. The Hall–Kier alpha value is -2.32. The molecule has 2 aromatic heterocycles. The number of pyridine rings is 1. The summed E-state index contributed by atoms with van der Waals surface area (Å²) in [5.41, 5.74) is 0.866. The van der Waals surface area contributed by atoms with Gasteiger partial charge in [-0.25, -0.2) is 0 Å². The van der Waals surface area contributed by atoms with Crippen LogP contribution in [0.3, 0.4) is 0 Å². The minimum absolute atomic E-state index is 0.0798. The van der Waals surface area contributed by atoms with Crippen molar-refractivity contribution in [2.24, 2.45) is 0 Å². The third-order valence-corrected chi connectivity index (χ3v) is 3.56. The fraction of sp³-hybridized carbons (Fsp3) is 0.467. The Labute approximate surface area is 133 Å². The van der Waals surface area contributed by atoms with E-state index in [1.54, 1.807) is 6.20 Å². The van der Waals surface area contributed by atoms with Gasteiger partial charge in [0.1, 0.15) is 6.54 Å². The molecule has 1 N–H and O–H groups in total. The Kier molecular flexibility index (Phi) is 5.28. The van der Waals surface area contributed by atoms with Gasteiger partial charge < -0.3 is 14.8 Å². The summed E-state index contributed by atoms with van der Waals surface area (Å²) in [7, 11) is 0. The molecule has 2 atom stereocenters. The molecule has 1 saturated heterocycles. The molecule has 3 rings (SSSR count). The molecule has 0 bridgehead atoms. The molecule has 8 nitrogen and oxygen atoms in total. The van der Waals surface area contributed by atoms with Crippen molar-refractivity contribution in [3.63, 3.8) is 0 Å². The highest BCUT2D eigenvalue weighted by Crippen LogP contribution is 2.14. The lowest BCUT2D eigenvalue weighted by Crippen LogP contribution is -2.51. The summed E-state index contributed by atoms with van der Waals surface area (Å²) in [5.74, 6) is -0.164. The molecule has 0 unspecified atom stereocenters. The first kappa shape index (κ1) is 15.6. The quantitative estimate of drug-likeness (QED) is 0.816. The Morgan fingerprint density at radius 1 is 1.35 bits per heavy atom. The van der Waals surface area contributed by atoms with Crippen molar-refractivity contribution in [2.75, 3.05) is 13.2 Å². The average molecular weight is 317 g/mol. The van der Waals surface area contributed by atoms with Crippen LogP contribution in [-0.4, -0.2) is 51.2 Å².